The second-order valence-corrected chi connectivity index (χ2v) is 7.52. The van der Waals surface area contributed by atoms with Gasteiger partial charge in [0.2, 0.25) is 0 Å². The SMILES string of the molecule is CNCc1sc(CCN2CCCCC2C)nc1C1CC1. The summed E-state index contributed by atoms with van der Waals surface area (Å²) in [5.41, 5.74) is 1.41. The summed E-state index contributed by atoms with van der Waals surface area (Å²) in [5, 5.41) is 4.65. The molecule has 1 aliphatic carbocycles. The summed E-state index contributed by atoms with van der Waals surface area (Å²) in [5.74, 6) is 0.775. The van der Waals surface area contributed by atoms with Crippen molar-refractivity contribution < 1.29 is 0 Å². The van der Waals surface area contributed by atoms with Crippen LogP contribution in [0.4, 0.5) is 0 Å². The van der Waals surface area contributed by atoms with Crippen LogP contribution in [0.15, 0.2) is 0 Å². The molecule has 0 spiro atoms. The molecule has 2 aliphatic rings. The number of aromatic nitrogens is 1. The molecule has 2 fully saturated rings. The van der Waals surface area contributed by atoms with E-state index in [1.54, 1.807) is 0 Å². The van der Waals surface area contributed by atoms with Crippen LogP contribution in [0.3, 0.4) is 0 Å². The van der Waals surface area contributed by atoms with Crippen molar-refractivity contribution in [3.05, 3.63) is 15.6 Å². The van der Waals surface area contributed by atoms with Crippen LogP contribution in [0.1, 0.15) is 60.5 Å². The van der Waals surface area contributed by atoms with Crippen molar-refractivity contribution in [1.29, 1.82) is 0 Å². The molecule has 1 aromatic rings. The predicted molar refractivity (Wildman–Crippen MR) is 85.4 cm³/mol. The molecule has 1 saturated carbocycles. The normalized spacial score (nSPS) is 24.2. The summed E-state index contributed by atoms with van der Waals surface area (Å²) in [6.07, 6.45) is 7.99. The first-order valence-corrected chi connectivity index (χ1v) is 8.96. The van der Waals surface area contributed by atoms with Gasteiger partial charge in [-0.1, -0.05) is 6.42 Å². The zero-order chi connectivity index (χ0) is 13.9. The quantitative estimate of drug-likeness (QED) is 0.873. The van der Waals surface area contributed by atoms with Crippen molar-refractivity contribution in [2.24, 2.45) is 0 Å². The number of hydrogen-bond donors (Lipinski definition) is 1. The molecule has 1 N–H and O–H groups in total. The standard InChI is InChI=1S/C16H27N3S/c1-12-5-3-4-9-19(12)10-8-15-18-16(13-6-7-13)14(20-15)11-17-2/h12-13,17H,3-11H2,1-2H3. The maximum absolute atomic E-state index is 4.95. The Bertz CT molecular complexity index is 439. The number of nitrogens with zero attached hydrogens (tertiary/aromatic N) is 2. The van der Waals surface area contributed by atoms with Crippen LogP contribution in [0.25, 0.3) is 0 Å². The molecule has 1 saturated heterocycles. The molecule has 0 radical (unpaired) electrons. The number of nitrogens with one attached hydrogen (secondary N) is 1. The van der Waals surface area contributed by atoms with Crippen LogP contribution in [-0.2, 0) is 13.0 Å². The highest BCUT2D eigenvalue weighted by Gasteiger charge is 2.29. The summed E-state index contributed by atoms with van der Waals surface area (Å²) < 4.78 is 0. The van der Waals surface area contributed by atoms with Gasteiger partial charge in [-0.05, 0) is 46.2 Å². The van der Waals surface area contributed by atoms with E-state index in [-0.39, 0.29) is 0 Å². The molecule has 20 heavy (non-hydrogen) atoms. The summed E-state index contributed by atoms with van der Waals surface area (Å²) >= 11 is 1.94. The Morgan fingerprint density at radius 2 is 2.15 bits per heavy atom. The lowest BCUT2D eigenvalue weighted by atomic mass is 10.0. The first kappa shape index (κ1) is 14.5. The van der Waals surface area contributed by atoms with Gasteiger partial charge in [0.05, 0.1) is 10.7 Å². The largest absolute Gasteiger partial charge is 0.315 e. The molecule has 112 valence electrons. The van der Waals surface area contributed by atoms with E-state index in [1.165, 1.54) is 60.8 Å². The summed E-state index contributed by atoms with van der Waals surface area (Å²) in [7, 11) is 2.03. The molecule has 0 bridgehead atoms. The fourth-order valence-electron chi connectivity index (χ4n) is 3.21. The highest BCUT2D eigenvalue weighted by Crippen LogP contribution is 2.42. The van der Waals surface area contributed by atoms with Gasteiger partial charge in [0, 0.05) is 36.3 Å². The number of likely N-dealkylation sites (tertiary alicyclic amines) is 1. The Hall–Kier alpha value is -0.450. The van der Waals surface area contributed by atoms with Crippen molar-refractivity contribution >= 4 is 11.3 Å². The maximum Gasteiger partial charge on any atom is 0.0944 e. The number of hydrogen-bond acceptors (Lipinski definition) is 4. The Morgan fingerprint density at radius 1 is 1.30 bits per heavy atom. The van der Waals surface area contributed by atoms with E-state index in [2.05, 4.69) is 17.1 Å². The maximum atomic E-state index is 4.95. The highest BCUT2D eigenvalue weighted by molar-refractivity contribution is 7.11. The first-order valence-electron chi connectivity index (χ1n) is 8.15. The molecule has 3 nitrogen and oxygen atoms in total. The van der Waals surface area contributed by atoms with E-state index >= 15 is 0 Å². The van der Waals surface area contributed by atoms with Gasteiger partial charge >= 0.3 is 0 Å². The third kappa shape index (κ3) is 3.41. The summed E-state index contributed by atoms with van der Waals surface area (Å²) in [6.45, 7) is 5.84. The molecule has 2 heterocycles. The summed E-state index contributed by atoms with van der Waals surface area (Å²) in [6, 6.07) is 0.767. The molecule has 4 heteroatoms. The van der Waals surface area contributed by atoms with E-state index in [4.69, 9.17) is 4.98 Å². The molecule has 0 aromatic carbocycles. The topological polar surface area (TPSA) is 28.2 Å². The molecule has 1 atom stereocenters. The fraction of sp³-hybridized carbons (Fsp3) is 0.812. The van der Waals surface area contributed by atoms with Crippen LogP contribution in [-0.4, -0.2) is 36.1 Å². The minimum absolute atomic E-state index is 0.767. The average molecular weight is 293 g/mol. The Balaban J connectivity index is 1.60. The molecule has 0 amide bonds. The fourth-order valence-corrected chi connectivity index (χ4v) is 4.37. The van der Waals surface area contributed by atoms with Gasteiger partial charge < -0.3 is 10.2 Å². The number of rotatable bonds is 6. The van der Waals surface area contributed by atoms with Gasteiger partial charge in [-0.25, -0.2) is 4.98 Å². The zero-order valence-electron chi connectivity index (χ0n) is 12.8. The number of thiazole rings is 1. The van der Waals surface area contributed by atoms with E-state index in [0.29, 0.717) is 0 Å². The Morgan fingerprint density at radius 3 is 2.85 bits per heavy atom. The van der Waals surface area contributed by atoms with Crippen LogP contribution < -0.4 is 5.32 Å². The molecular formula is C16H27N3S. The second kappa shape index (κ2) is 6.54. The van der Waals surface area contributed by atoms with Gasteiger partial charge in [0.25, 0.3) is 0 Å². The Labute approximate surface area is 126 Å². The average Bonchev–Trinajstić information content (AvgIpc) is 3.21. The molecule has 3 rings (SSSR count). The van der Waals surface area contributed by atoms with Gasteiger partial charge in [0.15, 0.2) is 0 Å². The van der Waals surface area contributed by atoms with Gasteiger partial charge in [-0.2, -0.15) is 0 Å². The lowest BCUT2D eigenvalue weighted by molar-refractivity contribution is 0.163. The van der Waals surface area contributed by atoms with Crippen molar-refractivity contribution in [2.75, 3.05) is 20.1 Å². The van der Waals surface area contributed by atoms with Crippen molar-refractivity contribution in [3.63, 3.8) is 0 Å². The zero-order valence-corrected chi connectivity index (χ0v) is 13.6. The third-order valence-corrected chi connectivity index (χ3v) is 5.76. The number of piperidine rings is 1. The molecule has 1 unspecified atom stereocenters. The van der Waals surface area contributed by atoms with E-state index < -0.39 is 0 Å². The second-order valence-electron chi connectivity index (χ2n) is 6.35. The van der Waals surface area contributed by atoms with Crippen LogP contribution in [0.5, 0.6) is 0 Å². The molecule has 1 aromatic heterocycles. The predicted octanol–water partition coefficient (Wildman–Crippen LogP) is 3.16. The Kier molecular flexibility index (Phi) is 4.74. The highest BCUT2D eigenvalue weighted by atomic mass is 32.1. The lowest BCUT2D eigenvalue weighted by Gasteiger charge is -2.33. The molecular weight excluding hydrogens is 266 g/mol. The minimum Gasteiger partial charge on any atom is -0.315 e. The van der Waals surface area contributed by atoms with E-state index in [9.17, 15) is 0 Å². The van der Waals surface area contributed by atoms with E-state index in [0.717, 1.165) is 24.9 Å². The van der Waals surface area contributed by atoms with Gasteiger partial charge in [0.1, 0.15) is 0 Å². The van der Waals surface area contributed by atoms with Crippen LogP contribution >= 0.6 is 11.3 Å². The smallest absolute Gasteiger partial charge is 0.0944 e. The molecule has 1 aliphatic heterocycles. The van der Waals surface area contributed by atoms with Crippen LogP contribution in [0, 0.1) is 0 Å². The summed E-state index contributed by atoms with van der Waals surface area (Å²) in [4.78, 5) is 9.09. The first-order chi connectivity index (χ1) is 9.78. The van der Waals surface area contributed by atoms with Crippen LogP contribution in [0.2, 0.25) is 0 Å². The van der Waals surface area contributed by atoms with Gasteiger partial charge in [-0.3, -0.25) is 0 Å². The minimum atomic E-state index is 0.767. The third-order valence-electron chi connectivity index (χ3n) is 4.63. The van der Waals surface area contributed by atoms with Crippen molar-refractivity contribution in [2.45, 2.75) is 64.0 Å². The van der Waals surface area contributed by atoms with E-state index in [1.807, 2.05) is 18.4 Å². The van der Waals surface area contributed by atoms with Crippen molar-refractivity contribution in [1.82, 2.24) is 15.2 Å². The monoisotopic (exact) mass is 293 g/mol. The lowest BCUT2D eigenvalue weighted by Crippen LogP contribution is -2.38. The van der Waals surface area contributed by atoms with Crippen molar-refractivity contribution in [3.8, 4) is 0 Å². The van der Waals surface area contributed by atoms with Gasteiger partial charge in [-0.15, -0.1) is 11.3 Å².